The van der Waals surface area contributed by atoms with Gasteiger partial charge in [0.25, 0.3) is 0 Å². The molecular formula is C18H19N5O2. The van der Waals surface area contributed by atoms with Gasteiger partial charge in [0.05, 0.1) is 11.9 Å². The van der Waals surface area contributed by atoms with Gasteiger partial charge in [-0.3, -0.25) is 4.79 Å². The zero-order chi connectivity index (χ0) is 17.2. The molecule has 3 N–H and O–H groups in total. The number of anilines is 1. The highest BCUT2D eigenvalue weighted by Gasteiger charge is 2.15. The fourth-order valence-electron chi connectivity index (χ4n) is 3.03. The molecule has 3 heterocycles. The van der Waals surface area contributed by atoms with E-state index in [1.54, 1.807) is 28.9 Å². The predicted octanol–water partition coefficient (Wildman–Crippen LogP) is 2.09. The number of amides is 1. The number of benzene rings is 1. The van der Waals surface area contributed by atoms with Crippen molar-refractivity contribution in [2.45, 2.75) is 18.9 Å². The third-order valence-corrected chi connectivity index (χ3v) is 4.38. The molecule has 7 nitrogen and oxygen atoms in total. The van der Waals surface area contributed by atoms with Gasteiger partial charge in [-0.25, -0.2) is 9.50 Å². The van der Waals surface area contributed by atoms with Crippen LogP contribution in [-0.2, 0) is 4.74 Å². The topological polar surface area (TPSA) is 94.5 Å². The van der Waals surface area contributed by atoms with Gasteiger partial charge in [0.2, 0.25) is 5.91 Å². The number of nitrogens with two attached hydrogens (primary N) is 1. The second kappa shape index (κ2) is 6.52. The van der Waals surface area contributed by atoms with Gasteiger partial charge in [-0.15, -0.1) is 5.10 Å². The highest BCUT2D eigenvalue weighted by molar-refractivity contribution is 5.94. The summed E-state index contributed by atoms with van der Waals surface area (Å²) in [7, 11) is 0. The Bertz CT molecular complexity index is 915. The van der Waals surface area contributed by atoms with Crippen LogP contribution in [0.2, 0.25) is 0 Å². The molecule has 1 aliphatic rings. The van der Waals surface area contributed by atoms with Gasteiger partial charge in [0.15, 0.2) is 5.65 Å². The first kappa shape index (κ1) is 15.6. The Morgan fingerprint density at radius 1 is 1.24 bits per heavy atom. The molecule has 128 valence electrons. The van der Waals surface area contributed by atoms with Gasteiger partial charge >= 0.3 is 0 Å². The smallest absolute Gasteiger partial charge is 0.248 e. The second-order valence-electron chi connectivity index (χ2n) is 6.11. The summed E-state index contributed by atoms with van der Waals surface area (Å²) >= 11 is 0. The van der Waals surface area contributed by atoms with E-state index in [0.29, 0.717) is 11.6 Å². The van der Waals surface area contributed by atoms with Gasteiger partial charge in [0.1, 0.15) is 5.82 Å². The van der Waals surface area contributed by atoms with E-state index in [-0.39, 0.29) is 0 Å². The molecule has 1 aromatic carbocycles. The Kier molecular flexibility index (Phi) is 4.07. The van der Waals surface area contributed by atoms with Crippen molar-refractivity contribution < 1.29 is 9.53 Å². The van der Waals surface area contributed by atoms with Crippen molar-refractivity contribution in [2.24, 2.45) is 5.73 Å². The number of hydrogen-bond acceptors (Lipinski definition) is 5. The minimum atomic E-state index is -0.453. The van der Waals surface area contributed by atoms with Crippen LogP contribution in [0.4, 0.5) is 5.82 Å². The number of imidazole rings is 1. The molecule has 0 aliphatic carbocycles. The zero-order valence-corrected chi connectivity index (χ0v) is 13.7. The molecule has 1 amide bonds. The molecule has 7 heteroatoms. The van der Waals surface area contributed by atoms with Crippen molar-refractivity contribution in [3.8, 4) is 11.3 Å². The monoisotopic (exact) mass is 337 g/mol. The van der Waals surface area contributed by atoms with Crippen LogP contribution in [0.15, 0.2) is 42.6 Å². The molecule has 0 atom stereocenters. The van der Waals surface area contributed by atoms with E-state index in [1.165, 1.54) is 0 Å². The molecule has 1 fully saturated rings. The van der Waals surface area contributed by atoms with Crippen molar-refractivity contribution >= 4 is 17.4 Å². The maximum absolute atomic E-state index is 11.4. The molecule has 3 aromatic rings. The van der Waals surface area contributed by atoms with E-state index in [9.17, 15) is 4.79 Å². The number of hydrogen-bond donors (Lipinski definition) is 2. The Balaban J connectivity index is 1.69. The minimum Gasteiger partial charge on any atom is -0.381 e. The van der Waals surface area contributed by atoms with E-state index >= 15 is 0 Å². The van der Waals surface area contributed by atoms with Crippen LogP contribution >= 0.6 is 0 Å². The second-order valence-corrected chi connectivity index (χ2v) is 6.11. The summed E-state index contributed by atoms with van der Waals surface area (Å²) in [5.41, 5.74) is 8.25. The van der Waals surface area contributed by atoms with Crippen LogP contribution in [0.1, 0.15) is 23.2 Å². The number of carbonyl (C=O) groups excluding carboxylic acids is 1. The fraction of sp³-hybridized carbons (Fsp3) is 0.278. The van der Waals surface area contributed by atoms with Crippen molar-refractivity contribution in [3.05, 3.63) is 48.2 Å². The third kappa shape index (κ3) is 3.18. The van der Waals surface area contributed by atoms with Gasteiger partial charge < -0.3 is 15.8 Å². The van der Waals surface area contributed by atoms with Crippen molar-refractivity contribution in [3.63, 3.8) is 0 Å². The van der Waals surface area contributed by atoms with Gasteiger partial charge in [-0.05, 0) is 37.1 Å². The van der Waals surface area contributed by atoms with Crippen LogP contribution in [-0.4, -0.2) is 39.8 Å². The number of primary amides is 1. The molecule has 4 rings (SSSR count). The van der Waals surface area contributed by atoms with Crippen LogP contribution in [0.5, 0.6) is 0 Å². The number of aromatic nitrogens is 3. The maximum Gasteiger partial charge on any atom is 0.248 e. The lowest BCUT2D eigenvalue weighted by Crippen LogP contribution is -2.28. The summed E-state index contributed by atoms with van der Waals surface area (Å²) in [6.07, 6.45) is 3.69. The maximum atomic E-state index is 11.4. The minimum absolute atomic E-state index is 0.365. The number of fused-ring (bicyclic) bond motifs is 1. The predicted molar refractivity (Wildman–Crippen MR) is 94.4 cm³/mol. The molecule has 0 saturated carbocycles. The van der Waals surface area contributed by atoms with E-state index < -0.39 is 5.91 Å². The molecule has 0 bridgehead atoms. The van der Waals surface area contributed by atoms with E-state index in [2.05, 4.69) is 15.4 Å². The average molecular weight is 337 g/mol. The zero-order valence-electron chi connectivity index (χ0n) is 13.7. The molecule has 0 radical (unpaired) electrons. The number of rotatable bonds is 4. The summed E-state index contributed by atoms with van der Waals surface area (Å²) in [5.74, 6) is 0.343. The standard InChI is InChI=1S/C18H19N5O2/c19-18(24)13-3-1-2-12(10-13)15-11-20-17-5-4-16(22-23(15)17)21-14-6-8-25-9-7-14/h1-5,10-11,14H,6-9H2,(H2,19,24)(H,21,22). The summed E-state index contributed by atoms with van der Waals surface area (Å²) < 4.78 is 7.17. The molecular weight excluding hydrogens is 318 g/mol. The molecule has 1 saturated heterocycles. The molecule has 0 unspecified atom stereocenters. The average Bonchev–Trinajstić information content (AvgIpc) is 3.06. The number of carbonyl (C=O) groups is 1. The van der Waals surface area contributed by atoms with Crippen LogP contribution in [0.3, 0.4) is 0 Å². The molecule has 0 spiro atoms. The summed E-state index contributed by atoms with van der Waals surface area (Å²) in [6.45, 7) is 1.55. The fourth-order valence-corrected chi connectivity index (χ4v) is 3.03. The first-order valence-electron chi connectivity index (χ1n) is 8.30. The number of ether oxygens (including phenoxy) is 1. The van der Waals surface area contributed by atoms with Gasteiger partial charge in [-0.1, -0.05) is 12.1 Å². The lowest BCUT2D eigenvalue weighted by Gasteiger charge is -2.23. The van der Waals surface area contributed by atoms with Crippen molar-refractivity contribution in [1.82, 2.24) is 14.6 Å². The Morgan fingerprint density at radius 3 is 2.88 bits per heavy atom. The molecule has 2 aromatic heterocycles. The Hall–Kier alpha value is -2.93. The van der Waals surface area contributed by atoms with E-state index in [0.717, 1.165) is 48.8 Å². The first-order valence-corrected chi connectivity index (χ1v) is 8.30. The first-order chi connectivity index (χ1) is 12.2. The lowest BCUT2D eigenvalue weighted by atomic mass is 10.1. The van der Waals surface area contributed by atoms with E-state index in [4.69, 9.17) is 10.5 Å². The summed E-state index contributed by atoms with van der Waals surface area (Å²) in [6, 6.07) is 11.4. The Labute approximate surface area is 144 Å². The highest BCUT2D eigenvalue weighted by atomic mass is 16.5. The quantitative estimate of drug-likeness (QED) is 0.760. The number of nitrogens with zero attached hydrogens (tertiary/aromatic N) is 3. The van der Waals surface area contributed by atoms with Crippen molar-refractivity contribution in [1.29, 1.82) is 0 Å². The van der Waals surface area contributed by atoms with Gasteiger partial charge in [0, 0.05) is 30.4 Å². The Morgan fingerprint density at radius 2 is 2.08 bits per heavy atom. The largest absolute Gasteiger partial charge is 0.381 e. The summed E-state index contributed by atoms with van der Waals surface area (Å²) in [5, 5.41) is 8.12. The number of nitrogens with one attached hydrogen (secondary N) is 1. The molecule has 25 heavy (non-hydrogen) atoms. The third-order valence-electron chi connectivity index (χ3n) is 4.38. The van der Waals surface area contributed by atoms with Crippen LogP contribution in [0.25, 0.3) is 16.9 Å². The highest BCUT2D eigenvalue weighted by Crippen LogP contribution is 2.22. The van der Waals surface area contributed by atoms with E-state index in [1.807, 2.05) is 18.2 Å². The lowest BCUT2D eigenvalue weighted by molar-refractivity contribution is 0.0903. The summed E-state index contributed by atoms with van der Waals surface area (Å²) in [4.78, 5) is 15.8. The van der Waals surface area contributed by atoms with Crippen LogP contribution < -0.4 is 11.1 Å². The van der Waals surface area contributed by atoms with Crippen molar-refractivity contribution in [2.75, 3.05) is 18.5 Å². The van der Waals surface area contributed by atoms with Gasteiger partial charge in [-0.2, -0.15) is 0 Å². The van der Waals surface area contributed by atoms with Crippen LogP contribution in [0, 0.1) is 0 Å². The molecule has 1 aliphatic heterocycles. The SMILES string of the molecule is NC(=O)c1cccc(-c2cnc3ccc(NC4CCOCC4)nn23)c1. The normalized spacial score (nSPS) is 15.4.